The second-order valence-electron chi connectivity index (χ2n) is 16.6. The molecule has 14 nitrogen and oxygen atoms in total. The number of anilines is 1. The quantitative estimate of drug-likeness (QED) is 0.0220. The van der Waals surface area contributed by atoms with Gasteiger partial charge in [0.15, 0.2) is 23.2 Å². The fraction of sp³-hybridized carbons (Fsp3) is 0.771. The van der Waals surface area contributed by atoms with Crippen LogP contribution in [0.4, 0.5) is 10.2 Å². The van der Waals surface area contributed by atoms with Crippen molar-refractivity contribution < 1.29 is 47.3 Å². The lowest BCUT2D eigenvalue weighted by Crippen LogP contribution is -2.37. The number of nitrogens with zero attached hydrogens (tertiary/aromatic N) is 4. The number of aryl methyl sites for hydroxylation is 1. The van der Waals surface area contributed by atoms with Crippen molar-refractivity contribution in [3.63, 3.8) is 0 Å². The minimum absolute atomic E-state index is 0.0959. The summed E-state index contributed by atoms with van der Waals surface area (Å²) in [4.78, 5) is 62.1. The van der Waals surface area contributed by atoms with Crippen molar-refractivity contribution in [2.75, 3.05) is 32.7 Å². The van der Waals surface area contributed by atoms with Gasteiger partial charge in [-0.05, 0) is 19.3 Å². The molecule has 0 unspecified atom stereocenters. The van der Waals surface area contributed by atoms with Crippen molar-refractivity contribution in [3.05, 3.63) is 12.4 Å². The monoisotopic (exact) mass is 888 g/mol. The van der Waals surface area contributed by atoms with E-state index in [0.29, 0.717) is 12.8 Å². The molecule has 2 rings (SSSR count). The molecule has 356 valence electrons. The molecule has 0 radical (unpaired) electrons. The number of carbonyl (C=O) groups is 4. The average Bonchev–Trinajstić information content (AvgIpc) is 3.68. The van der Waals surface area contributed by atoms with Crippen molar-refractivity contribution in [2.45, 2.75) is 212 Å². The summed E-state index contributed by atoms with van der Waals surface area (Å²) >= 11 is 0. The summed E-state index contributed by atoms with van der Waals surface area (Å²) in [6.45, 7) is 3.87. The number of hydrogen-bond donors (Lipinski definition) is 1. The number of fused-ring (bicyclic) bond motifs is 1. The first kappa shape index (κ1) is 54.8. The highest BCUT2D eigenvalue weighted by Crippen LogP contribution is 2.21. The lowest BCUT2D eigenvalue weighted by Gasteiger charge is -2.26. The number of terminal acetylenes is 1. The minimum atomic E-state index is -1.31. The first-order valence-corrected chi connectivity index (χ1v) is 23.9. The van der Waals surface area contributed by atoms with Crippen LogP contribution in [0.2, 0.25) is 0 Å². The summed E-state index contributed by atoms with van der Waals surface area (Å²) in [6.07, 6.45) is 31.4. The van der Waals surface area contributed by atoms with E-state index in [0.717, 1.165) is 38.5 Å². The molecule has 0 saturated carbocycles. The highest BCUT2D eigenvalue weighted by Gasteiger charge is 2.30. The molecule has 0 bridgehead atoms. The lowest BCUT2D eigenvalue weighted by atomic mass is 10.0. The molecule has 0 aliphatic rings. The number of rotatable bonds is 39. The fourth-order valence-corrected chi connectivity index (χ4v) is 7.20. The molecule has 0 spiro atoms. The first-order chi connectivity index (χ1) is 30.6. The third kappa shape index (κ3) is 24.9. The molecular formula is C48H78FN5O9. The van der Waals surface area contributed by atoms with Gasteiger partial charge in [-0.25, -0.2) is 4.98 Å². The molecule has 0 aromatic carbocycles. The maximum absolute atomic E-state index is 13.8. The average molecular weight is 888 g/mol. The largest absolute Gasteiger partial charge is 0.462 e. The zero-order valence-electron chi connectivity index (χ0n) is 38.8. The van der Waals surface area contributed by atoms with Gasteiger partial charge >= 0.3 is 30.0 Å². The molecule has 63 heavy (non-hydrogen) atoms. The van der Waals surface area contributed by atoms with Crippen LogP contribution < -0.4 is 5.73 Å². The van der Waals surface area contributed by atoms with Crippen LogP contribution in [-0.2, 0) is 49.4 Å². The Kier molecular flexibility index (Phi) is 29.7. The van der Waals surface area contributed by atoms with E-state index in [9.17, 15) is 23.6 Å². The molecule has 0 saturated heterocycles. The second kappa shape index (κ2) is 34.1. The summed E-state index contributed by atoms with van der Waals surface area (Å²) in [5, 5.41) is 0. The van der Waals surface area contributed by atoms with Crippen molar-refractivity contribution in [3.8, 4) is 12.3 Å². The van der Waals surface area contributed by atoms with Crippen molar-refractivity contribution in [1.29, 1.82) is 0 Å². The van der Waals surface area contributed by atoms with Crippen LogP contribution in [0.5, 0.6) is 0 Å². The maximum atomic E-state index is 13.8. The molecule has 0 amide bonds. The summed E-state index contributed by atoms with van der Waals surface area (Å²) in [5.74, 6) is 0.398. The van der Waals surface area contributed by atoms with Crippen molar-refractivity contribution >= 4 is 40.9 Å². The molecule has 2 aromatic heterocycles. The number of imidazole rings is 1. The molecule has 2 heterocycles. The molecule has 15 heteroatoms. The van der Waals surface area contributed by atoms with E-state index < -0.39 is 41.7 Å². The Hall–Kier alpha value is -4.32. The highest BCUT2D eigenvalue weighted by atomic mass is 19.1. The van der Waals surface area contributed by atoms with E-state index in [4.69, 9.17) is 35.8 Å². The standard InChI is InChI=1S/C48H78FN5O9/c1-5-8-10-12-14-16-18-20-22-24-26-29-40(55)60-35-39(36-61-41(56)30-27-25-23-21-19-17-15-13-11-9-6-2)63-43(58)32-28-31-42(57)62-37-48(7-3,59-4)33-34-54-38-51-44-45(50)52-47(49)53-46(44)54/h3,38-39H,5-6,8-37H2,1-2,4H3,(H2,50,52,53)/t48-/m0/s1. The molecule has 0 fully saturated rings. The zero-order valence-corrected chi connectivity index (χ0v) is 38.8. The molecule has 2 N–H and O–H groups in total. The van der Waals surface area contributed by atoms with Crippen molar-refractivity contribution in [1.82, 2.24) is 19.5 Å². The van der Waals surface area contributed by atoms with Gasteiger partial charge in [0.2, 0.25) is 0 Å². The number of carbonyl (C=O) groups excluding carboxylic acids is 4. The second-order valence-corrected chi connectivity index (χ2v) is 16.6. The summed E-state index contributed by atoms with van der Waals surface area (Å²) in [5.41, 5.74) is 4.86. The SMILES string of the molecule is C#C[C@](CCn1cnc2c(N)nc(F)nc21)(COC(=O)CCCC(=O)OC(COC(=O)CCCCCCCCCCCCC)COC(=O)CCCCCCCCCCCCC)OC. The van der Waals surface area contributed by atoms with Crippen LogP contribution in [0, 0.1) is 18.4 Å². The molecule has 0 aliphatic carbocycles. The van der Waals surface area contributed by atoms with Gasteiger partial charge in [0, 0.05) is 45.8 Å². The molecular weight excluding hydrogens is 810 g/mol. The number of nitrogens with two attached hydrogens (primary N) is 1. The number of methoxy groups -OCH3 is 1. The predicted molar refractivity (Wildman–Crippen MR) is 242 cm³/mol. The van der Waals surface area contributed by atoms with Gasteiger partial charge in [-0.15, -0.1) is 6.42 Å². The fourth-order valence-electron chi connectivity index (χ4n) is 7.20. The Labute approximate surface area is 376 Å². The van der Waals surface area contributed by atoms with Crippen LogP contribution in [0.3, 0.4) is 0 Å². The summed E-state index contributed by atoms with van der Waals surface area (Å²) in [6, 6.07) is 0. The van der Waals surface area contributed by atoms with Gasteiger partial charge in [0.05, 0.1) is 6.33 Å². The molecule has 2 aromatic rings. The number of aromatic nitrogens is 4. The number of nitrogen functional groups attached to an aromatic ring is 1. The summed E-state index contributed by atoms with van der Waals surface area (Å²) in [7, 11) is 1.39. The Balaban J connectivity index is 1.78. The van der Waals surface area contributed by atoms with Crippen LogP contribution in [0.25, 0.3) is 11.2 Å². The van der Waals surface area contributed by atoms with E-state index in [1.165, 1.54) is 103 Å². The Bertz CT molecular complexity index is 1590. The van der Waals surface area contributed by atoms with Gasteiger partial charge < -0.3 is 34.0 Å². The van der Waals surface area contributed by atoms with Crippen LogP contribution in [-0.4, -0.2) is 82.0 Å². The third-order valence-electron chi connectivity index (χ3n) is 11.2. The Morgan fingerprint density at radius 1 is 0.683 bits per heavy atom. The first-order valence-electron chi connectivity index (χ1n) is 23.9. The van der Waals surface area contributed by atoms with Gasteiger partial charge in [-0.3, -0.25) is 19.2 Å². The van der Waals surface area contributed by atoms with E-state index in [1.54, 1.807) is 4.57 Å². The number of halogens is 1. The van der Waals surface area contributed by atoms with Gasteiger partial charge in [-0.1, -0.05) is 148 Å². The van der Waals surface area contributed by atoms with Crippen LogP contribution in [0.15, 0.2) is 6.33 Å². The number of hydrogen-bond acceptors (Lipinski definition) is 13. The topological polar surface area (TPSA) is 184 Å². The lowest BCUT2D eigenvalue weighted by molar-refractivity contribution is -0.167. The van der Waals surface area contributed by atoms with Crippen LogP contribution >= 0.6 is 0 Å². The number of unbranched alkanes of at least 4 members (excludes halogenated alkanes) is 20. The van der Waals surface area contributed by atoms with Gasteiger partial charge in [-0.2, -0.15) is 14.4 Å². The molecule has 1 atom stereocenters. The van der Waals surface area contributed by atoms with Crippen LogP contribution in [0.1, 0.15) is 194 Å². The Morgan fingerprint density at radius 2 is 1.13 bits per heavy atom. The van der Waals surface area contributed by atoms with Crippen molar-refractivity contribution in [2.24, 2.45) is 0 Å². The maximum Gasteiger partial charge on any atom is 0.312 e. The van der Waals surface area contributed by atoms with E-state index in [1.807, 2.05) is 0 Å². The zero-order chi connectivity index (χ0) is 46.0. The van der Waals surface area contributed by atoms with E-state index in [2.05, 4.69) is 34.7 Å². The Morgan fingerprint density at radius 3 is 1.60 bits per heavy atom. The predicted octanol–water partition coefficient (Wildman–Crippen LogP) is 10.1. The number of esters is 4. The summed E-state index contributed by atoms with van der Waals surface area (Å²) < 4.78 is 42.8. The normalized spacial score (nSPS) is 12.3. The highest BCUT2D eigenvalue weighted by molar-refractivity contribution is 5.81. The van der Waals surface area contributed by atoms with E-state index >= 15 is 0 Å². The van der Waals surface area contributed by atoms with Gasteiger partial charge in [0.25, 0.3) is 0 Å². The molecule has 0 aliphatic heterocycles. The third-order valence-corrected chi connectivity index (χ3v) is 11.2. The number of ether oxygens (including phenoxy) is 5. The smallest absolute Gasteiger partial charge is 0.312 e. The minimum Gasteiger partial charge on any atom is -0.462 e. The van der Waals surface area contributed by atoms with Gasteiger partial charge in [0.1, 0.15) is 25.3 Å². The van der Waals surface area contributed by atoms with E-state index in [-0.39, 0.29) is 81.9 Å².